The van der Waals surface area contributed by atoms with E-state index in [1.165, 1.54) is 0 Å². The summed E-state index contributed by atoms with van der Waals surface area (Å²) in [6.07, 6.45) is 3.42. The Morgan fingerprint density at radius 1 is 1.43 bits per heavy atom. The van der Waals surface area contributed by atoms with Gasteiger partial charge in [-0.1, -0.05) is 12.1 Å². The summed E-state index contributed by atoms with van der Waals surface area (Å²) in [5.74, 6) is 0.778. The monoisotopic (exact) mass is 189 g/mol. The van der Waals surface area contributed by atoms with Gasteiger partial charge in [0.25, 0.3) is 0 Å². The van der Waals surface area contributed by atoms with Crippen molar-refractivity contribution in [2.24, 2.45) is 0 Å². The Bertz CT molecular complexity index is 436. The van der Waals surface area contributed by atoms with Crippen LogP contribution in [0.1, 0.15) is 5.56 Å². The molecular weight excluding hydrogens is 178 g/mol. The zero-order valence-corrected chi connectivity index (χ0v) is 7.59. The Morgan fingerprint density at radius 3 is 2.93 bits per heavy atom. The minimum absolute atomic E-state index is 0.274. The van der Waals surface area contributed by atoms with Gasteiger partial charge in [-0.3, -0.25) is 0 Å². The number of phenolic OH excluding ortho intramolecular Hbond substituents is 1. The van der Waals surface area contributed by atoms with E-state index >= 15 is 0 Å². The van der Waals surface area contributed by atoms with Crippen LogP contribution in [0.2, 0.25) is 0 Å². The van der Waals surface area contributed by atoms with Crippen molar-refractivity contribution in [2.45, 2.75) is 6.54 Å². The lowest BCUT2D eigenvalue weighted by Gasteiger charge is -2.02. The number of aromatic nitrogens is 2. The first kappa shape index (κ1) is 8.62. The number of aromatic hydroxyl groups is 1. The third kappa shape index (κ3) is 1.85. The molecule has 0 saturated carbocycles. The van der Waals surface area contributed by atoms with Crippen LogP contribution in [0.3, 0.4) is 0 Å². The molecule has 0 atom stereocenters. The van der Waals surface area contributed by atoms with Gasteiger partial charge in [0.15, 0.2) is 0 Å². The number of hydrogen-bond donors (Lipinski definition) is 2. The van der Waals surface area contributed by atoms with Gasteiger partial charge in [0.2, 0.25) is 0 Å². The highest BCUT2D eigenvalue weighted by atomic mass is 16.3. The molecule has 3 N–H and O–H groups in total. The van der Waals surface area contributed by atoms with Crippen LogP contribution in [-0.4, -0.2) is 14.7 Å². The molecule has 2 aromatic rings. The van der Waals surface area contributed by atoms with E-state index in [0.717, 1.165) is 5.56 Å². The van der Waals surface area contributed by atoms with Gasteiger partial charge in [0.1, 0.15) is 11.6 Å². The van der Waals surface area contributed by atoms with Crippen molar-refractivity contribution in [2.75, 3.05) is 5.73 Å². The molecule has 0 aliphatic rings. The van der Waals surface area contributed by atoms with Crippen molar-refractivity contribution in [1.29, 1.82) is 0 Å². The summed E-state index contributed by atoms with van der Waals surface area (Å²) < 4.78 is 1.87. The molecule has 2 rings (SSSR count). The van der Waals surface area contributed by atoms with E-state index in [-0.39, 0.29) is 5.75 Å². The second-order valence-corrected chi connectivity index (χ2v) is 3.14. The minimum atomic E-state index is 0.274. The number of nitrogen functional groups attached to an aromatic ring is 1. The van der Waals surface area contributed by atoms with Gasteiger partial charge in [-0.15, -0.1) is 0 Å². The number of rotatable bonds is 2. The molecule has 4 nitrogen and oxygen atoms in total. The first-order valence-electron chi connectivity index (χ1n) is 4.29. The van der Waals surface area contributed by atoms with E-state index in [9.17, 15) is 5.11 Å². The maximum absolute atomic E-state index is 9.25. The second kappa shape index (κ2) is 3.41. The largest absolute Gasteiger partial charge is 0.508 e. The number of nitrogens with two attached hydrogens (primary N) is 1. The van der Waals surface area contributed by atoms with Crippen molar-refractivity contribution in [3.05, 3.63) is 42.4 Å². The third-order valence-corrected chi connectivity index (χ3v) is 1.93. The number of benzene rings is 1. The first-order valence-corrected chi connectivity index (χ1v) is 4.29. The number of nitrogens with zero attached hydrogens (tertiary/aromatic N) is 2. The highest BCUT2D eigenvalue weighted by molar-refractivity contribution is 5.28. The van der Waals surface area contributed by atoms with E-state index in [1.807, 2.05) is 16.7 Å². The summed E-state index contributed by atoms with van der Waals surface area (Å²) in [6, 6.07) is 7.11. The highest BCUT2D eigenvalue weighted by Gasteiger charge is 1.97. The summed E-state index contributed by atoms with van der Waals surface area (Å²) in [7, 11) is 0. The van der Waals surface area contributed by atoms with Gasteiger partial charge in [-0.25, -0.2) is 4.98 Å². The minimum Gasteiger partial charge on any atom is -0.508 e. The molecule has 1 heterocycles. The fourth-order valence-electron chi connectivity index (χ4n) is 1.33. The van der Waals surface area contributed by atoms with Crippen LogP contribution in [0, 0.1) is 0 Å². The summed E-state index contributed by atoms with van der Waals surface area (Å²) >= 11 is 0. The fourth-order valence-corrected chi connectivity index (χ4v) is 1.33. The van der Waals surface area contributed by atoms with Crippen molar-refractivity contribution >= 4 is 5.82 Å². The van der Waals surface area contributed by atoms with Gasteiger partial charge in [-0.05, 0) is 17.7 Å². The Kier molecular flexibility index (Phi) is 2.10. The predicted octanol–water partition coefficient (Wildman–Crippen LogP) is 1.22. The summed E-state index contributed by atoms with van der Waals surface area (Å²) in [6.45, 7) is 0.665. The number of anilines is 1. The van der Waals surface area contributed by atoms with Crippen molar-refractivity contribution in [3.63, 3.8) is 0 Å². The maximum Gasteiger partial charge on any atom is 0.141 e. The van der Waals surface area contributed by atoms with Crippen LogP contribution >= 0.6 is 0 Å². The topological polar surface area (TPSA) is 64.1 Å². The van der Waals surface area contributed by atoms with E-state index in [0.29, 0.717) is 12.4 Å². The molecule has 0 amide bonds. The highest BCUT2D eigenvalue weighted by Crippen LogP contribution is 2.12. The Hall–Kier alpha value is -1.97. The van der Waals surface area contributed by atoms with E-state index < -0.39 is 0 Å². The molecule has 1 aromatic carbocycles. The first-order chi connectivity index (χ1) is 6.74. The summed E-state index contributed by atoms with van der Waals surface area (Å²) in [5, 5.41) is 9.25. The second-order valence-electron chi connectivity index (χ2n) is 3.14. The van der Waals surface area contributed by atoms with Crippen LogP contribution in [0.4, 0.5) is 5.82 Å². The SMILES string of the molecule is Nc1cn(Cc2cccc(O)c2)cn1. The number of imidazole rings is 1. The van der Waals surface area contributed by atoms with Gasteiger partial charge >= 0.3 is 0 Å². The van der Waals surface area contributed by atoms with Crippen LogP contribution in [-0.2, 0) is 6.54 Å². The quantitative estimate of drug-likeness (QED) is 0.746. The van der Waals surface area contributed by atoms with Gasteiger partial charge in [0, 0.05) is 12.7 Å². The lowest BCUT2D eigenvalue weighted by atomic mass is 10.2. The predicted molar refractivity (Wildman–Crippen MR) is 53.8 cm³/mol. The molecule has 0 spiro atoms. The Morgan fingerprint density at radius 2 is 2.29 bits per heavy atom. The zero-order valence-electron chi connectivity index (χ0n) is 7.59. The molecule has 0 bridgehead atoms. The average molecular weight is 189 g/mol. The molecule has 0 unspecified atom stereocenters. The normalized spacial score (nSPS) is 10.3. The summed E-state index contributed by atoms with van der Waals surface area (Å²) in [5.41, 5.74) is 6.50. The van der Waals surface area contributed by atoms with E-state index in [2.05, 4.69) is 4.98 Å². The van der Waals surface area contributed by atoms with E-state index in [1.54, 1.807) is 24.7 Å². The third-order valence-electron chi connectivity index (χ3n) is 1.93. The molecule has 1 aromatic heterocycles. The molecule has 0 saturated heterocycles. The molecule has 0 fully saturated rings. The van der Waals surface area contributed by atoms with E-state index in [4.69, 9.17) is 5.73 Å². The fraction of sp³-hybridized carbons (Fsp3) is 0.100. The smallest absolute Gasteiger partial charge is 0.141 e. The molecule has 0 radical (unpaired) electrons. The van der Waals surface area contributed by atoms with Crippen molar-refractivity contribution < 1.29 is 5.11 Å². The molecule has 14 heavy (non-hydrogen) atoms. The van der Waals surface area contributed by atoms with Gasteiger partial charge in [-0.2, -0.15) is 0 Å². The number of hydrogen-bond acceptors (Lipinski definition) is 3. The van der Waals surface area contributed by atoms with Crippen LogP contribution in [0.15, 0.2) is 36.8 Å². The van der Waals surface area contributed by atoms with Crippen molar-refractivity contribution in [1.82, 2.24) is 9.55 Å². The van der Waals surface area contributed by atoms with Crippen LogP contribution in [0.5, 0.6) is 5.75 Å². The molecule has 72 valence electrons. The molecular formula is C10H11N3O. The van der Waals surface area contributed by atoms with Crippen LogP contribution < -0.4 is 5.73 Å². The molecule has 0 aliphatic heterocycles. The Labute approximate surface area is 81.6 Å². The zero-order chi connectivity index (χ0) is 9.97. The standard InChI is InChI=1S/C10H11N3O/c11-10-6-13(7-12-10)5-8-2-1-3-9(14)4-8/h1-4,6-7,14H,5,11H2. The van der Waals surface area contributed by atoms with Crippen LogP contribution in [0.25, 0.3) is 0 Å². The lowest BCUT2D eigenvalue weighted by molar-refractivity contribution is 0.474. The average Bonchev–Trinajstić information content (AvgIpc) is 2.51. The molecule has 4 heteroatoms. The van der Waals surface area contributed by atoms with Gasteiger partial charge < -0.3 is 15.4 Å². The summed E-state index contributed by atoms with van der Waals surface area (Å²) in [4.78, 5) is 3.91. The van der Waals surface area contributed by atoms with Gasteiger partial charge in [0.05, 0.1) is 6.33 Å². The lowest BCUT2D eigenvalue weighted by Crippen LogP contribution is -1.95. The Balaban J connectivity index is 2.18. The number of phenols is 1. The maximum atomic E-state index is 9.25. The molecule has 0 aliphatic carbocycles. The van der Waals surface area contributed by atoms with Crippen molar-refractivity contribution in [3.8, 4) is 5.75 Å².